The van der Waals surface area contributed by atoms with Gasteiger partial charge in [-0.3, -0.25) is 4.40 Å². The first kappa shape index (κ1) is 12.0. The summed E-state index contributed by atoms with van der Waals surface area (Å²) in [6.45, 7) is 1.78. The van der Waals surface area contributed by atoms with E-state index in [4.69, 9.17) is 0 Å². The molecule has 0 aliphatic carbocycles. The molecule has 21 heavy (non-hydrogen) atoms. The minimum absolute atomic E-state index is 0.407. The van der Waals surface area contributed by atoms with Crippen LogP contribution in [0.1, 0.15) is 0 Å². The average molecular weight is 282 g/mol. The van der Waals surface area contributed by atoms with E-state index in [0.717, 1.165) is 30.4 Å². The first-order valence-corrected chi connectivity index (χ1v) is 6.71. The number of anilines is 2. The molecule has 106 valence electrons. The van der Waals surface area contributed by atoms with Gasteiger partial charge >= 0.3 is 0 Å². The molecule has 0 saturated carbocycles. The summed E-state index contributed by atoms with van der Waals surface area (Å²) in [4.78, 5) is 17.0. The van der Waals surface area contributed by atoms with Crippen LogP contribution >= 0.6 is 0 Å². The number of hydrogen-bond acceptors (Lipinski definition) is 7. The maximum absolute atomic E-state index is 4.43. The van der Waals surface area contributed by atoms with Crippen molar-refractivity contribution in [1.29, 1.82) is 0 Å². The van der Waals surface area contributed by atoms with Crippen molar-refractivity contribution in [3.05, 3.63) is 37.3 Å². The fourth-order valence-corrected chi connectivity index (χ4v) is 2.52. The number of hydrogen-bond donors (Lipinski definition) is 0. The van der Waals surface area contributed by atoms with Gasteiger partial charge in [0.25, 0.3) is 0 Å². The smallest absolute Gasteiger partial charge is 0.203 e. The Labute approximate surface area is 121 Å². The quantitative estimate of drug-likeness (QED) is 0.681. The van der Waals surface area contributed by atoms with Crippen molar-refractivity contribution in [2.24, 2.45) is 0 Å². The maximum Gasteiger partial charge on any atom is 0.203 e. The summed E-state index contributed by atoms with van der Waals surface area (Å²) in [5.74, 6) is 1.81. The molecule has 0 bridgehead atoms. The van der Waals surface area contributed by atoms with Crippen molar-refractivity contribution >= 4 is 17.3 Å². The van der Waals surface area contributed by atoms with Gasteiger partial charge in [-0.1, -0.05) is 0 Å². The summed E-state index contributed by atoms with van der Waals surface area (Å²) in [6, 6.07) is 2.32. The molecule has 1 fully saturated rings. The SMILES string of the molecule is CN(c1ccncn1)C1CN(c2nccn3cnnc23)C1. The van der Waals surface area contributed by atoms with Gasteiger partial charge in [0.15, 0.2) is 5.82 Å². The van der Waals surface area contributed by atoms with E-state index in [2.05, 4.69) is 42.0 Å². The molecule has 1 aliphatic heterocycles. The number of likely N-dealkylation sites (N-methyl/N-ethyl adjacent to an activating group) is 1. The number of fused-ring (bicyclic) bond motifs is 1. The van der Waals surface area contributed by atoms with Crippen LogP contribution in [0.5, 0.6) is 0 Å². The zero-order valence-electron chi connectivity index (χ0n) is 11.5. The Hall–Kier alpha value is -2.77. The second-order valence-corrected chi connectivity index (χ2v) is 5.05. The van der Waals surface area contributed by atoms with Crippen molar-refractivity contribution in [2.45, 2.75) is 6.04 Å². The van der Waals surface area contributed by atoms with E-state index < -0.39 is 0 Å². The largest absolute Gasteiger partial charge is 0.353 e. The van der Waals surface area contributed by atoms with Crippen LogP contribution in [-0.4, -0.2) is 55.7 Å². The lowest BCUT2D eigenvalue weighted by atomic mass is 10.1. The zero-order chi connectivity index (χ0) is 14.2. The van der Waals surface area contributed by atoms with Crippen molar-refractivity contribution < 1.29 is 0 Å². The Morgan fingerprint density at radius 3 is 2.95 bits per heavy atom. The van der Waals surface area contributed by atoms with Gasteiger partial charge in [-0.2, -0.15) is 0 Å². The van der Waals surface area contributed by atoms with Crippen LogP contribution in [0.25, 0.3) is 5.65 Å². The van der Waals surface area contributed by atoms with Crippen LogP contribution in [0.15, 0.2) is 37.3 Å². The summed E-state index contributed by atoms with van der Waals surface area (Å²) in [5, 5.41) is 8.05. The van der Waals surface area contributed by atoms with E-state index in [9.17, 15) is 0 Å². The Morgan fingerprint density at radius 1 is 1.24 bits per heavy atom. The molecule has 0 amide bonds. The van der Waals surface area contributed by atoms with E-state index >= 15 is 0 Å². The van der Waals surface area contributed by atoms with Gasteiger partial charge in [0.2, 0.25) is 5.65 Å². The van der Waals surface area contributed by atoms with Crippen LogP contribution < -0.4 is 9.80 Å². The van der Waals surface area contributed by atoms with Crippen molar-refractivity contribution in [1.82, 2.24) is 29.5 Å². The summed E-state index contributed by atoms with van der Waals surface area (Å²) in [7, 11) is 2.05. The van der Waals surface area contributed by atoms with Gasteiger partial charge in [0.1, 0.15) is 18.5 Å². The molecule has 1 saturated heterocycles. The van der Waals surface area contributed by atoms with Crippen LogP contribution in [0.2, 0.25) is 0 Å². The number of aromatic nitrogens is 6. The van der Waals surface area contributed by atoms with Crippen LogP contribution in [0.3, 0.4) is 0 Å². The molecule has 0 atom stereocenters. The van der Waals surface area contributed by atoms with E-state index in [0.29, 0.717) is 6.04 Å². The summed E-state index contributed by atoms with van der Waals surface area (Å²) < 4.78 is 1.88. The minimum Gasteiger partial charge on any atom is -0.353 e. The van der Waals surface area contributed by atoms with Crippen molar-refractivity contribution in [3.63, 3.8) is 0 Å². The van der Waals surface area contributed by atoms with Gasteiger partial charge in [-0.25, -0.2) is 15.0 Å². The highest BCUT2D eigenvalue weighted by Gasteiger charge is 2.33. The Morgan fingerprint density at radius 2 is 2.14 bits per heavy atom. The highest BCUT2D eigenvalue weighted by atomic mass is 15.4. The van der Waals surface area contributed by atoms with Gasteiger partial charge < -0.3 is 9.80 Å². The normalized spacial score (nSPS) is 15.2. The molecule has 1 aliphatic rings. The Balaban J connectivity index is 1.51. The molecule has 0 aromatic carbocycles. The van der Waals surface area contributed by atoms with E-state index in [1.807, 2.05) is 16.7 Å². The molecule has 0 N–H and O–H groups in total. The van der Waals surface area contributed by atoms with Gasteiger partial charge in [0, 0.05) is 38.7 Å². The van der Waals surface area contributed by atoms with Crippen molar-refractivity contribution in [3.8, 4) is 0 Å². The topological polar surface area (TPSA) is 75.3 Å². The number of rotatable bonds is 3. The summed E-state index contributed by atoms with van der Waals surface area (Å²) >= 11 is 0. The molecule has 8 heteroatoms. The molecular weight excluding hydrogens is 268 g/mol. The Bertz CT molecular complexity index is 749. The number of nitrogens with zero attached hydrogens (tertiary/aromatic N) is 8. The summed E-state index contributed by atoms with van der Waals surface area (Å²) in [5.41, 5.74) is 0.792. The third-order valence-corrected chi connectivity index (χ3v) is 3.83. The highest BCUT2D eigenvalue weighted by Crippen LogP contribution is 2.25. The first-order chi connectivity index (χ1) is 10.3. The molecule has 3 aromatic heterocycles. The molecule has 0 spiro atoms. The third-order valence-electron chi connectivity index (χ3n) is 3.83. The lowest BCUT2D eigenvalue weighted by Crippen LogP contribution is -2.59. The molecule has 0 unspecified atom stereocenters. The van der Waals surface area contributed by atoms with Crippen LogP contribution in [-0.2, 0) is 0 Å². The molecule has 3 aromatic rings. The minimum atomic E-state index is 0.407. The second-order valence-electron chi connectivity index (χ2n) is 5.05. The molecular formula is C13H14N8. The molecule has 4 heterocycles. The molecule has 4 rings (SSSR count). The van der Waals surface area contributed by atoms with Crippen LogP contribution in [0.4, 0.5) is 11.6 Å². The Kier molecular flexibility index (Phi) is 2.66. The highest BCUT2D eigenvalue weighted by molar-refractivity contribution is 5.65. The fraction of sp³-hybridized carbons (Fsp3) is 0.308. The lowest BCUT2D eigenvalue weighted by Gasteiger charge is -2.44. The van der Waals surface area contributed by atoms with Gasteiger partial charge in [-0.05, 0) is 6.07 Å². The maximum atomic E-state index is 4.43. The van der Waals surface area contributed by atoms with Gasteiger partial charge in [0.05, 0.1) is 6.04 Å². The lowest BCUT2D eigenvalue weighted by molar-refractivity contribution is 0.490. The first-order valence-electron chi connectivity index (χ1n) is 6.71. The molecule has 0 radical (unpaired) electrons. The average Bonchev–Trinajstić information content (AvgIpc) is 2.96. The standard InChI is InChI=1S/C13H14N8/c1-19(11-2-3-14-8-16-11)10-6-21(7-10)12-13-18-17-9-20(13)5-4-15-12/h2-5,8-10H,6-7H2,1H3. The second kappa shape index (κ2) is 4.65. The summed E-state index contributed by atoms with van der Waals surface area (Å²) in [6.07, 6.45) is 8.63. The predicted octanol–water partition coefficient (Wildman–Crippen LogP) is 0.239. The predicted molar refractivity (Wildman–Crippen MR) is 77.2 cm³/mol. The van der Waals surface area contributed by atoms with E-state index in [-0.39, 0.29) is 0 Å². The van der Waals surface area contributed by atoms with E-state index in [1.54, 1.807) is 25.0 Å². The van der Waals surface area contributed by atoms with Gasteiger partial charge in [-0.15, -0.1) is 10.2 Å². The van der Waals surface area contributed by atoms with Crippen LogP contribution in [0, 0.1) is 0 Å². The molecule has 8 nitrogen and oxygen atoms in total. The van der Waals surface area contributed by atoms with Crippen molar-refractivity contribution in [2.75, 3.05) is 29.9 Å². The monoisotopic (exact) mass is 282 g/mol. The third kappa shape index (κ3) is 1.95. The zero-order valence-corrected chi connectivity index (χ0v) is 11.5. The fourth-order valence-electron chi connectivity index (χ4n) is 2.52. The van der Waals surface area contributed by atoms with E-state index in [1.165, 1.54) is 0 Å².